The van der Waals surface area contributed by atoms with Gasteiger partial charge in [0.1, 0.15) is 5.02 Å². The van der Waals surface area contributed by atoms with Crippen LogP contribution < -0.4 is 5.56 Å². The highest BCUT2D eigenvalue weighted by Crippen LogP contribution is 2.19. The minimum Gasteiger partial charge on any atom is -0.317 e. The number of halogens is 1. The Labute approximate surface area is 76.8 Å². The van der Waals surface area contributed by atoms with Gasteiger partial charge >= 0.3 is 0 Å². The van der Waals surface area contributed by atoms with E-state index in [4.69, 9.17) is 11.6 Å². The second-order valence-corrected chi connectivity index (χ2v) is 3.53. The molecule has 12 heavy (non-hydrogen) atoms. The summed E-state index contributed by atoms with van der Waals surface area (Å²) in [5.41, 5.74) is 0.794. The van der Waals surface area contributed by atoms with Gasteiger partial charge < -0.3 is 4.57 Å². The predicted molar refractivity (Wildman–Crippen MR) is 50.8 cm³/mol. The van der Waals surface area contributed by atoms with Crippen LogP contribution in [0.1, 0.15) is 25.3 Å². The summed E-state index contributed by atoms with van der Waals surface area (Å²) in [4.78, 5) is 11.3. The van der Waals surface area contributed by atoms with Gasteiger partial charge in [-0.25, -0.2) is 0 Å². The maximum atomic E-state index is 11.3. The first-order chi connectivity index (χ1) is 5.54. The van der Waals surface area contributed by atoms with E-state index in [0.717, 1.165) is 5.56 Å². The molecule has 0 aliphatic heterocycles. The molecular formula is C9H12ClNO. The summed E-state index contributed by atoms with van der Waals surface area (Å²) in [6, 6.07) is 1.88. The van der Waals surface area contributed by atoms with Crippen LogP contribution in [0, 0.1) is 0 Å². The fourth-order valence-corrected chi connectivity index (χ4v) is 1.47. The summed E-state index contributed by atoms with van der Waals surface area (Å²) in [7, 11) is 1.69. The molecule has 0 amide bonds. The van der Waals surface area contributed by atoms with Crippen LogP contribution in [0.4, 0.5) is 0 Å². The Bertz CT molecular complexity index is 341. The standard InChI is InChI=1S/C9H12ClNO/c1-6(2)7-4-5-11(3)9(12)8(7)10/h4-6H,1-3H3. The van der Waals surface area contributed by atoms with Crippen LogP contribution in [0.25, 0.3) is 0 Å². The van der Waals surface area contributed by atoms with Gasteiger partial charge in [-0.05, 0) is 17.5 Å². The molecule has 0 fully saturated rings. The fourth-order valence-electron chi connectivity index (χ4n) is 1.06. The third-order valence-corrected chi connectivity index (χ3v) is 2.24. The highest BCUT2D eigenvalue weighted by Gasteiger charge is 2.08. The zero-order valence-corrected chi connectivity index (χ0v) is 8.22. The Morgan fingerprint density at radius 1 is 1.50 bits per heavy atom. The quantitative estimate of drug-likeness (QED) is 0.657. The van der Waals surface area contributed by atoms with Crippen molar-refractivity contribution in [3.63, 3.8) is 0 Å². The van der Waals surface area contributed by atoms with Gasteiger partial charge in [-0.2, -0.15) is 0 Å². The first-order valence-corrected chi connectivity index (χ1v) is 4.27. The Balaban J connectivity index is 3.37. The molecule has 0 saturated carbocycles. The number of nitrogens with zero attached hydrogens (tertiary/aromatic N) is 1. The van der Waals surface area contributed by atoms with E-state index in [1.807, 2.05) is 19.9 Å². The van der Waals surface area contributed by atoms with Crippen LogP contribution in [0.15, 0.2) is 17.1 Å². The molecule has 66 valence electrons. The third-order valence-electron chi connectivity index (χ3n) is 1.86. The molecule has 3 heteroatoms. The van der Waals surface area contributed by atoms with Crippen LogP contribution in [0.2, 0.25) is 5.02 Å². The SMILES string of the molecule is CC(C)c1ccn(C)c(=O)c1Cl. The lowest BCUT2D eigenvalue weighted by atomic mass is 10.1. The summed E-state index contributed by atoms with van der Waals surface area (Å²) < 4.78 is 1.48. The molecule has 1 rings (SSSR count). The number of aromatic nitrogens is 1. The molecule has 1 heterocycles. The summed E-state index contributed by atoms with van der Waals surface area (Å²) in [5.74, 6) is 0.298. The van der Waals surface area contributed by atoms with Crippen LogP contribution in [0.3, 0.4) is 0 Å². The first-order valence-electron chi connectivity index (χ1n) is 3.89. The Morgan fingerprint density at radius 3 is 2.58 bits per heavy atom. The van der Waals surface area contributed by atoms with E-state index in [0.29, 0.717) is 10.9 Å². The van der Waals surface area contributed by atoms with Gasteiger partial charge in [0.05, 0.1) is 0 Å². The second-order valence-electron chi connectivity index (χ2n) is 3.16. The monoisotopic (exact) mass is 185 g/mol. The number of hydrogen-bond donors (Lipinski definition) is 0. The molecule has 0 atom stereocenters. The normalized spacial score (nSPS) is 10.8. The van der Waals surface area contributed by atoms with E-state index in [-0.39, 0.29) is 5.56 Å². The number of pyridine rings is 1. The molecule has 0 aromatic carbocycles. The Hall–Kier alpha value is -0.760. The smallest absolute Gasteiger partial charge is 0.269 e. The highest BCUT2D eigenvalue weighted by molar-refractivity contribution is 6.31. The molecule has 2 nitrogen and oxygen atoms in total. The molecular weight excluding hydrogens is 174 g/mol. The van der Waals surface area contributed by atoms with Crippen molar-refractivity contribution in [1.29, 1.82) is 0 Å². The number of rotatable bonds is 1. The summed E-state index contributed by atoms with van der Waals surface area (Å²) in [5, 5.41) is 0.343. The molecule has 0 spiro atoms. The minimum absolute atomic E-state index is 0.122. The highest BCUT2D eigenvalue weighted by atomic mass is 35.5. The minimum atomic E-state index is -0.122. The van der Waals surface area contributed by atoms with Crippen molar-refractivity contribution in [2.45, 2.75) is 19.8 Å². The zero-order chi connectivity index (χ0) is 9.30. The van der Waals surface area contributed by atoms with Crippen LogP contribution in [0.5, 0.6) is 0 Å². The summed E-state index contributed by atoms with van der Waals surface area (Å²) in [6.07, 6.45) is 1.74. The fraction of sp³-hybridized carbons (Fsp3) is 0.444. The summed E-state index contributed by atoms with van der Waals surface area (Å²) in [6.45, 7) is 4.03. The van der Waals surface area contributed by atoms with Crippen LogP contribution in [-0.2, 0) is 7.05 Å². The van der Waals surface area contributed by atoms with Crippen molar-refractivity contribution in [2.75, 3.05) is 0 Å². The summed E-state index contributed by atoms with van der Waals surface area (Å²) >= 11 is 5.86. The molecule has 0 saturated heterocycles. The van der Waals surface area contributed by atoms with E-state index in [9.17, 15) is 4.79 Å². The topological polar surface area (TPSA) is 22.0 Å². The molecule has 0 unspecified atom stereocenters. The largest absolute Gasteiger partial charge is 0.317 e. The number of hydrogen-bond acceptors (Lipinski definition) is 1. The lowest BCUT2D eigenvalue weighted by molar-refractivity contribution is 0.814. The first kappa shape index (κ1) is 9.33. The maximum Gasteiger partial charge on any atom is 0.269 e. The van der Waals surface area contributed by atoms with Crippen LogP contribution in [-0.4, -0.2) is 4.57 Å². The molecule has 0 aliphatic rings. The van der Waals surface area contributed by atoms with Gasteiger partial charge in [0, 0.05) is 13.2 Å². The van der Waals surface area contributed by atoms with E-state index < -0.39 is 0 Å². The van der Waals surface area contributed by atoms with Gasteiger partial charge in [-0.3, -0.25) is 4.79 Å². The molecule has 1 aromatic heterocycles. The zero-order valence-electron chi connectivity index (χ0n) is 7.47. The van der Waals surface area contributed by atoms with Crippen molar-refractivity contribution in [3.05, 3.63) is 33.2 Å². The van der Waals surface area contributed by atoms with Crippen molar-refractivity contribution >= 4 is 11.6 Å². The van der Waals surface area contributed by atoms with Gasteiger partial charge in [-0.1, -0.05) is 25.4 Å². The predicted octanol–water partition coefficient (Wildman–Crippen LogP) is 2.16. The average Bonchev–Trinajstić information content (AvgIpc) is 2.00. The van der Waals surface area contributed by atoms with E-state index in [1.165, 1.54) is 4.57 Å². The maximum absolute atomic E-state index is 11.3. The van der Waals surface area contributed by atoms with Gasteiger partial charge in [0.2, 0.25) is 0 Å². The third kappa shape index (κ3) is 1.53. The van der Waals surface area contributed by atoms with E-state index in [2.05, 4.69) is 0 Å². The van der Waals surface area contributed by atoms with Crippen molar-refractivity contribution in [3.8, 4) is 0 Å². The molecule has 1 aromatic rings. The number of aryl methyl sites for hydroxylation is 1. The van der Waals surface area contributed by atoms with Crippen molar-refractivity contribution in [2.24, 2.45) is 7.05 Å². The molecule has 0 radical (unpaired) electrons. The lowest BCUT2D eigenvalue weighted by Crippen LogP contribution is -2.17. The van der Waals surface area contributed by atoms with E-state index >= 15 is 0 Å². The average molecular weight is 186 g/mol. The molecule has 0 bridgehead atoms. The lowest BCUT2D eigenvalue weighted by Gasteiger charge is -2.07. The van der Waals surface area contributed by atoms with Crippen molar-refractivity contribution < 1.29 is 0 Å². The van der Waals surface area contributed by atoms with Gasteiger partial charge in [-0.15, -0.1) is 0 Å². The van der Waals surface area contributed by atoms with Gasteiger partial charge in [0.15, 0.2) is 0 Å². The van der Waals surface area contributed by atoms with Crippen LogP contribution >= 0.6 is 11.6 Å². The van der Waals surface area contributed by atoms with Gasteiger partial charge in [0.25, 0.3) is 5.56 Å². The van der Waals surface area contributed by atoms with Crippen molar-refractivity contribution in [1.82, 2.24) is 4.57 Å². The molecule has 0 N–H and O–H groups in total. The Kier molecular flexibility index (Phi) is 2.58. The Morgan fingerprint density at radius 2 is 2.08 bits per heavy atom. The second kappa shape index (κ2) is 3.31. The van der Waals surface area contributed by atoms with E-state index in [1.54, 1.807) is 13.2 Å². The molecule has 0 aliphatic carbocycles.